The van der Waals surface area contributed by atoms with Gasteiger partial charge >= 0.3 is 5.97 Å². The van der Waals surface area contributed by atoms with E-state index in [1.54, 1.807) is 18.5 Å². The molecule has 2 heterocycles. The average molecular weight is 380 g/mol. The van der Waals surface area contributed by atoms with E-state index in [1.807, 2.05) is 51.1 Å². The van der Waals surface area contributed by atoms with Crippen LogP contribution in [-0.2, 0) is 4.74 Å². The summed E-state index contributed by atoms with van der Waals surface area (Å²) in [5, 5.41) is 12.9. The Labute approximate surface area is 163 Å². The molecule has 0 bridgehead atoms. The summed E-state index contributed by atoms with van der Waals surface area (Å²) in [7, 11) is 0. The highest BCUT2D eigenvalue weighted by Crippen LogP contribution is 2.30. The van der Waals surface area contributed by atoms with Crippen molar-refractivity contribution in [2.45, 2.75) is 40.7 Å². The predicted octanol–water partition coefficient (Wildman–Crippen LogP) is 3.73. The normalized spacial score (nSPS) is 11.9. The number of aromatic nitrogens is 4. The molecule has 0 spiro atoms. The molecule has 8 heteroatoms. The van der Waals surface area contributed by atoms with Gasteiger partial charge in [0, 0.05) is 5.71 Å². The maximum absolute atomic E-state index is 12.7. The van der Waals surface area contributed by atoms with Crippen molar-refractivity contribution in [3.63, 3.8) is 0 Å². The van der Waals surface area contributed by atoms with Gasteiger partial charge in [-0.3, -0.25) is 5.43 Å². The lowest BCUT2D eigenvalue weighted by atomic mass is 10.1. The first-order valence-electron chi connectivity index (χ1n) is 9.18. The van der Waals surface area contributed by atoms with E-state index in [9.17, 15) is 4.79 Å². The van der Waals surface area contributed by atoms with Crippen molar-refractivity contribution >= 4 is 28.5 Å². The number of hydrazone groups is 1. The fourth-order valence-electron chi connectivity index (χ4n) is 2.97. The quantitative estimate of drug-likeness (QED) is 0.398. The first kappa shape index (κ1) is 19.5. The third kappa shape index (κ3) is 3.71. The standard InChI is InChI=1S/C20H24N6O2/c1-6-28-20(27)16-13(4)21-19(24-22-12(2)3)17-18(16)26(25-23-17)14(5)15-10-8-7-9-11-15/h7-11,14H,6H2,1-5H3,(H,21,24). The van der Waals surface area contributed by atoms with Crippen LogP contribution in [0.1, 0.15) is 55.4 Å². The second-order valence-electron chi connectivity index (χ2n) is 6.63. The lowest BCUT2D eigenvalue weighted by molar-refractivity contribution is 0.0526. The molecule has 3 rings (SSSR count). The molecule has 8 nitrogen and oxygen atoms in total. The summed E-state index contributed by atoms with van der Waals surface area (Å²) in [5.41, 5.74) is 6.77. The molecule has 1 atom stereocenters. The minimum atomic E-state index is -0.442. The van der Waals surface area contributed by atoms with Gasteiger partial charge in [0.25, 0.3) is 0 Å². The van der Waals surface area contributed by atoms with Crippen LogP contribution in [0.3, 0.4) is 0 Å². The van der Waals surface area contributed by atoms with Crippen LogP contribution >= 0.6 is 0 Å². The molecule has 146 valence electrons. The van der Waals surface area contributed by atoms with Crippen molar-refractivity contribution in [1.82, 2.24) is 20.0 Å². The maximum Gasteiger partial charge on any atom is 0.342 e. The Hall–Kier alpha value is -3.29. The van der Waals surface area contributed by atoms with Gasteiger partial charge in [-0.2, -0.15) is 5.10 Å². The van der Waals surface area contributed by atoms with Crippen LogP contribution < -0.4 is 5.43 Å². The van der Waals surface area contributed by atoms with Gasteiger partial charge in [0.2, 0.25) is 0 Å². The Balaban J connectivity index is 2.25. The molecule has 1 aromatic carbocycles. The third-order valence-corrected chi connectivity index (χ3v) is 4.31. The number of benzene rings is 1. The Bertz CT molecular complexity index is 1020. The van der Waals surface area contributed by atoms with E-state index in [1.165, 1.54) is 0 Å². The van der Waals surface area contributed by atoms with Gasteiger partial charge in [0.05, 0.1) is 18.3 Å². The van der Waals surface area contributed by atoms with Gasteiger partial charge in [-0.25, -0.2) is 14.5 Å². The fraction of sp³-hybridized carbons (Fsp3) is 0.350. The summed E-state index contributed by atoms with van der Waals surface area (Å²) in [6, 6.07) is 9.79. The summed E-state index contributed by atoms with van der Waals surface area (Å²) in [6.45, 7) is 9.57. The van der Waals surface area contributed by atoms with Gasteiger partial charge in [0.15, 0.2) is 11.3 Å². The van der Waals surface area contributed by atoms with E-state index < -0.39 is 5.97 Å². The van der Waals surface area contributed by atoms with Gasteiger partial charge in [-0.05, 0) is 40.2 Å². The zero-order chi connectivity index (χ0) is 20.3. The molecule has 0 aliphatic carbocycles. The van der Waals surface area contributed by atoms with E-state index in [0.29, 0.717) is 28.1 Å². The highest BCUT2D eigenvalue weighted by atomic mass is 16.5. The smallest absolute Gasteiger partial charge is 0.342 e. The number of ether oxygens (including phenoxy) is 1. The van der Waals surface area contributed by atoms with E-state index in [-0.39, 0.29) is 12.6 Å². The van der Waals surface area contributed by atoms with Crippen LogP contribution in [0.2, 0.25) is 0 Å². The number of pyridine rings is 1. The number of nitrogens with one attached hydrogen (secondary N) is 1. The molecule has 0 aliphatic rings. The molecular weight excluding hydrogens is 356 g/mol. The zero-order valence-electron chi connectivity index (χ0n) is 16.7. The van der Waals surface area contributed by atoms with Crippen molar-refractivity contribution in [2.24, 2.45) is 5.10 Å². The number of nitrogens with zero attached hydrogens (tertiary/aromatic N) is 5. The van der Waals surface area contributed by atoms with Crippen LogP contribution in [0.5, 0.6) is 0 Å². The molecule has 1 N–H and O–H groups in total. The second kappa shape index (κ2) is 8.16. The summed E-state index contributed by atoms with van der Waals surface area (Å²) in [5.74, 6) is 0.0105. The SMILES string of the molecule is CCOC(=O)c1c(C)nc(NN=C(C)C)c2nnn(C(C)c3ccccc3)c12. The van der Waals surface area contributed by atoms with E-state index >= 15 is 0 Å². The summed E-state index contributed by atoms with van der Waals surface area (Å²) < 4.78 is 7.00. The number of rotatable bonds is 6. The molecule has 0 saturated carbocycles. The van der Waals surface area contributed by atoms with Gasteiger partial charge in [-0.1, -0.05) is 35.5 Å². The molecule has 0 aliphatic heterocycles. The van der Waals surface area contributed by atoms with Gasteiger partial charge < -0.3 is 4.74 Å². The number of carbonyl (C=O) groups is 1. The number of hydrogen-bond acceptors (Lipinski definition) is 7. The average Bonchev–Trinajstić information content (AvgIpc) is 3.11. The van der Waals surface area contributed by atoms with Crippen LogP contribution in [0.25, 0.3) is 11.0 Å². The van der Waals surface area contributed by atoms with Crippen molar-refractivity contribution in [2.75, 3.05) is 12.0 Å². The van der Waals surface area contributed by atoms with Crippen molar-refractivity contribution in [3.05, 3.63) is 47.2 Å². The summed E-state index contributed by atoms with van der Waals surface area (Å²) in [6.07, 6.45) is 0. The largest absolute Gasteiger partial charge is 0.462 e. The molecular formula is C20H24N6O2. The Morgan fingerprint density at radius 2 is 2.00 bits per heavy atom. The molecule has 0 radical (unpaired) electrons. The van der Waals surface area contributed by atoms with Crippen LogP contribution in [0.4, 0.5) is 5.82 Å². The molecule has 0 saturated heterocycles. The first-order valence-corrected chi connectivity index (χ1v) is 9.18. The molecule has 0 amide bonds. The topological polar surface area (TPSA) is 94.3 Å². The number of esters is 1. The summed E-state index contributed by atoms with van der Waals surface area (Å²) in [4.78, 5) is 17.2. The molecule has 2 aromatic heterocycles. The maximum atomic E-state index is 12.7. The highest BCUT2D eigenvalue weighted by Gasteiger charge is 2.26. The van der Waals surface area contributed by atoms with Crippen molar-refractivity contribution in [1.29, 1.82) is 0 Å². The minimum Gasteiger partial charge on any atom is -0.462 e. The van der Waals surface area contributed by atoms with Crippen LogP contribution in [0, 0.1) is 6.92 Å². The van der Waals surface area contributed by atoms with E-state index in [2.05, 4.69) is 25.8 Å². The number of aryl methyl sites for hydroxylation is 1. The number of hydrogen-bond donors (Lipinski definition) is 1. The first-order chi connectivity index (χ1) is 13.4. The van der Waals surface area contributed by atoms with Crippen molar-refractivity contribution < 1.29 is 9.53 Å². The van der Waals surface area contributed by atoms with E-state index in [0.717, 1.165) is 11.3 Å². The molecule has 28 heavy (non-hydrogen) atoms. The number of carbonyl (C=O) groups excluding carboxylic acids is 1. The number of anilines is 1. The highest BCUT2D eigenvalue weighted by molar-refractivity contribution is 6.05. The molecule has 0 fully saturated rings. The van der Waals surface area contributed by atoms with Crippen molar-refractivity contribution in [3.8, 4) is 0 Å². The summed E-state index contributed by atoms with van der Waals surface area (Å²) >= 11 is 0. The lowest BCUT2D eigenvalue weighted by Gasteiger charge is -2.16. The minimum absolute atomic E-state index is 0.134. The number of fused-ring (bicyclic) bond motifs is 1. The Kier molecular flexibility index (Phi) is 5.67. The van der Waals surface area contributed by atoms with Gasteiger partial charge in [0.1, 0.15) is 11.1 Å². The Morgan fingerprint density at radius 3 is 2.64 bits per heavy atom. The molecule has 3 aromatic rings. The van der Waals surface area contributed by atoms with Crippen LogP contribution in [-0.4, -0.2) is 38.3 Å². The second-order valence-corrected chi connectivity index (χ2v) is 6.63. The van der Waals surface area contributed by atoms with Gasteiger partial charge in [-0.15, -0.1) is 5.10 Å². The lowest BCUT2D eigenvalue weighted by Crippen LogP contribution is -2.15. The van der Waals surface area contributed by atoms with E-state index in [4.69, 9.17) is 4.74 Å². The monoisotopic (exact) mass is 380 g/mol. The third-order valence-electron chi connectivity index (χ3n) is 4.31. The Morgan fingerprint density at radius 1 is 1.29 bits per heavy atom. The predicted molar refractivity (Wildman–Crippen MR) is 109 cm³/mol. The van der Waals surface area contributed by atoms with Crippen LogP contribution in [0.15, 0.2) is 35.4 Å². The molecule has 1 unspecified atom stereocenters. The fourth-order valence-corrected chi connectivity index (χ4v) is 2.97. The zero-order valence-corrected chi connectivity index (χ0v) is 16.7.